The van der Waals surface area contributed by atoms with Crippen molar-refractivity contribution in [2.75, 3.05) is 19.3 Å². The Morgan fingerprint density at radius 2 is 1.74 bits per heavy atom. The fourth-order valence-corrected chi connectivity index (χ4v) is 3.81. The van der Waals surface area contributed by atoms with Gasteiger partial charge in [-0.1, -0.05) is 12.1 Å². The molecular weight excluding hydrogens is 318 g/mol. The first-order valence-electron chi connectivity index (χ1n) is 7.46. The lowest BCUT2D eigenvalue weighted by Crippen LogP contribution is -2.55. The summed E-state index contributed by atoms with van der Waals surface area (Å²) < 4.78 is 23.0. The van der Waals surface area contributed by atoms with E-state index >= 15 is 0 Å². The molecule has 124 valence electrons. The molecule has 0 saturated carbocycles. The summed E-state index contributed by atoms with van der Waals surface area (Å²) in [6, 6.07) is 6.03. The average Bonchev–Trinajstić information content (AvgIpc) is 2.72. The number of carbonyl (C=O) groups is 2. The number of hydrogen-bond donors (Lipinski definition) is 2. The Morgan fingerprint density at radius 3 is 2.30 bits per heavy atom. The Balaban J connectivity index is 1.85. The number of nitrogens with zero attached hydrogens (tertiary/aromatic N) is 1. The summed E-state index contributed by atoms with van der Waals surface area (Å²) in [5.41, 5.74) is -0.00200. The molecule has 2 aliphatic heterocycles. The first kappa shape index (κ1) is 15.9. The number of nitrogens with one attached hydrogen (secondary N) is 2. The van der Waals surface area contributed by atoms with Crippen LogP contribution in [0.3, 0.4) is 0 Å². The second-order valence-electron chi connectivity index (χ2n) is 6.04. The van der Waals surface area contributed by atoms with Crippen molar-refractivity contribution in [3.63, 3.8) is 0 Å². The molecule has 2 heterocycles. The van der Waals surface area contributed by atoms with Crippen molar-refractivity contribution >= 4 is 21.8 Å². The zero-order chi connectivity index (χ0) is 16.7. The van der Waals surface area contributed by atoms with Gasteiger partial charge in [0, 0.05) is 12.8 Å². The van der Waals surface area contributed by atoms with Gasteiger partial charge in [0.05, 0.1) is 4.90 Å². The highest BCUT2D eigenvalue weighted by Gasteiger charge is 2.52. The molecule has 0 aliphatic carbocycles. The molecule has 1 aromatic rings. The minimum atomic E-state index is -3.25. The van der Waals surface area contributed by atoms with Crippen LogP contribution in [0.1, 0.15) is 18.4 Å². The van der Waals surface area contributed by atoms with Crippen molar-refractivity contribution in [1.29, 1.82) is 0 Å². The SMILES string of the molecule is CS(=O)(=O)c1ccc(CN2C(=O)NC(=O)C23CCNCC3)cc1. The third-order valence-corrected chi connectivity index (χ3v) is 5.66. The van der Waals surface area contributed by atoms with Gasteiger partial charge in [-0.3, -0.25) is 10.1 Å². The van der Waals surface area contributed by atoms with Gasteiger partial charge in [0.15, 0.2) is 9.84 Å². The third-order valence-electron chi connectivity index (χ3n) is 4.53. The van der Waals surface area contributed by atoms with Crippen molar-refractivity contribution in [2.45, 2.75) is 29.8 Å². The van der Waals surface area contributed by atoms with Crippen LogP contribution in [-0.4, -0.2) is 50.1 Å². The van der Waals surface area contributed by atoms with Gasteiger partial charge in [-0.05, 0) is 43.6 Å². The Morgan fingerprint density at radius 1 is 1.13 bits per heavy atom. The van der Waals surface area contributed by atoms with E-state index in [4.69, 9.17) is 0 Å². The number of piperidine rings is 1. The van der Waals surface area contributed by atoms with Crippen molar-refractivity contribution in [3.05, 3.63) is 29.8 Å². The number of rotatable bonds is 3. The molecule has 1 aromatic carbocycles. The number of amides is 3. The van der Waals surface area contributed by atoms with Crippen molar-refractivity contribution in [1.82, 2.24) is 15.5 Å². The lowest BCUT2D eigenvalue weighted by molar-refractivity contribution is -0.128. The summed E-state index contributed by atoms with van der Waals surface area (Å²) in [6.07, 6.45) is 2.30. The van der Waals surface area contributed by atoms with E-state index in [9.17, 15) is 18.0 Å². The molecular formula is C15H19N3O4S. The molecule has 0 aromatic heterocycles. The standard InChI is InChI=1S/C15H19N3O4S/c1-23(21,22)12-4-2-11(3-5-12)10-18-14(20)17-13(19)15(18)6-8-16-9-7-15/h2-5,16H,6-10H2,1H3,(H,17,19,20). The molecule has 8 heteroatoms. The number of urea groups is 1. The van der Waals surface area contributed by atoms with Crippen LogP contribution in [0, 0.1) is 0 Å². The van der Waals surface area contributed by atoms with Crippen LogP contribution >= 0.6 is 0 Å². The summed E-state index contributed by atoms with van der Waals surface area (Å²) in [5.74, 6) is -0.239. The predicted octanol–water partition coefficient (Wildman–Crippen LogP) is 0.264. The molecule has 3 rings (SSSR count). The summed E-state index contributed by atoms with van der Waals surface area (Å²) in [4.78, 5) is 26.2. The molecule has 0 atom stereocenters. The maximum absolute atomic E-state index is 12.3. The molecule has 0 radical (unpaired) electrons. The highest BCUT2D eigenvalue weighted by Crippen LogP contribution is 2.32. The third kappa shape index (κ3) is 2.84. The van der Waals surface area contributed by atoms with E-state index in [-0.39, 0.29) is 23.4 Å². The van der Waals surface area contributed by atoms with Crippen LogP contribution in [0.15, 0.2) is 29.2 Å². The van der Waals surface area contributed by atoms with Crippen LogP contribution in [-0.2, 0) is 21.2 Å². The maximum Gasteiger partial charge on any atom is 0.325 e. The minimum absolute atomic E-state index is 0.236. The van der Waals surface area contributed by atoms with Crippen molar-refractivity contribution < 1.29 is 18.0 Å². The second-order valence-corrected chi connectivity index (χ2v) is 8.06. The van der Waals surface area contributed by atoms with E-state index in [1.165, 1.54) is 12.1 Å². The predicted molar refractivity (Wildman–Crippen MR) is 83.5 cm³/mol. The summed E-state index contributed by atoms with van der Waals surface area (Å²) in [5, 5.41) is 5.60. The highest BCUT2D eigenvalue weighted by molar-refractivity contribution is 7.90. The number of benzene rings is 1. The molecule has 7 nitrogen and oxygen atoms in total. The summed E-state index contributed by atoms with van der Waals surface area (Å²) in [7, 11) is -3.25. The molecule has 2 saturated heterocycles. The smallest absolute Gasteiger partial charge is 0.317 e. The second kappa shape index (κ2) is 5.61. The minimum Gasteiger partial charge on any atom is -0.317 e. The van der Waals surface area contributed by atoms with Crippen LogP contribution < -0.4 is 10.6 Å². The van der Waals surface area contributed by atoms with E-state index < -0.39 is 15.4 Å². The Labute approximate surface area is 135 Å². The fourth-order valence-electron chi connectivity index (χ4n) is 3.18. The molecule has 0 unspecified atom stereocenters. The van der Waals surface area contributed by atoms with E-state index in [2.05, 4.69) is 10.6 Å². The normalized spacial score (nSPS) is 20.8. The molecule has 23 heavy (non-hydrogen) atoms. The number of sulfone groups is 1. The maximum atomic E-state index is 12.3. The summed E-state index contributed by atoms with van der Waals surface area (Å²) >= 11 is 0. The highest BCUT2D eigenvalue weighted by atomic mass is 32.2. The van der Waals surface area contributed by atoms with Crippen LogP contribution in [0.25, 0.3) is 0 Å². The van der Waals surface area contributed by atoms with Gasteiger partial charge < -0.3 is 10.2 Å². The fraction of sp³-hybridized carbons (Fsp3) is 0.467. The molecule has 1 spiro atoms. The van der Waals surface area contributed by atoms with E-state index in [1.807, 2.05) is 0 Å². The van der Waals surface area contributed by atoms with Crippen LogP contribution in [0.4, 0.5) is 4.79 Å². The number of imide groups is 1. The quantitative estimate of drug-likeness (QED) is 0.772. The largest absolute Gasteiger partial charge is 0.325 e. The molecule has 2 aliphatic rings. The zero-order valence-corrected chi connectivity index (χ0v) is 13.6. The molecule has 0 bridgehead atoms. The van der Waals surface area contributed by atoms with Crippen molar-refractivity contribution in [2.24, 2.45) is 0 Å². The summed E-state index contributed by atoms with van der Waals surface area (Å²) in [6.45, 7) is 1.65. The Kier molecular flexibility index (Phi) is 3.89. The topological polar surface area (TPSA) is 95.6 Å². The first-order valence-corrected chi connectivity index (χ1v) is 9.35. The van der Waals surface area contributed by atoms with Crippen LogP contribution in [0.5, 0.6) is 0 Å². The monoisotopic (exact) mass is 337 g/mol. The van der Waals surface area contributed by atoms with Crippen molar-refractivity contribution in [3.8, 4) is 0 Å². The lowest BCUT2D eigenvalue weighted by Gasteiger charge is -2.38. The molecule has 2 N–H and O–H groups in total. The number of carbonyl (C=O) groups excluding carboxylic acids is 2. The Bertz CT molecular complexity index is 736. The van der Waals surface area contributed by atoms with E-state index in [0.29, 0.717) is 25.9 Å². The molecule has 2 fully saturated rings. The van der Waals surface area contributed by atoms with Gasteiger partial charge in [-0.25, -0.2) is 13.2 Å². The zero-order valence-electron chi connectivity index (χ0n) is 12.8. The Hall–Kier alpha value is -1.93. The van der Waals surface area contributed by atoms with Gasteiger partial charge in [0.2, 0.25) is 0 Å². The lowest BCUT2D eigenvalue weighted by atomic mass is 9.86. The van der Waals surface area contributed by atoms with E-state index in [1.54, 1.807) is 17.0 Å². The first-order chi connectivity index (χ1) is 10.8. The van der Waals surface area contributed by atoms with Crippen LogP contribution in [0.2, 0.25) is 0 Å². The number of hydrogen-bond acceptors (Lipinski definition) is 5. The van der Waals surface area contributed by atoms with Gasteiger partial charge in [0.1, 0.15) is 5.54 Å². The average molecular weight is 337 g/mol. The van der Waals surface area contributed by atoms with E-state index in [0.717, 1.165) is 11.8 Å². The van der Waals surface area contributed by atoms with Gasteiger partial charge >= 0.3 is 6.03 Å². The molecule has 3 amide bonds. The van der Waals surface area contributed by atoms with Gasteiger partial charge in [-0.2, -0.15) is 0 Å². The van der Waals surface area contributed by atoms with Gasteiger partial charge in [0.25, 0.3) is 5.91 Å². The van der Waals surface area contributed by atoms with Gasteiger partial charge in [-0.15, -0.1) is 0 Å².